The standard InChI is InChI=1S/C26H26N2O7S/c1-14(29)13-18(31)19-24(32)28-20(22(34-15(2)30)23(27)36-25(19)28)26(33)35-21(16-9-5-3-6-10-16)17-11-7-4-8-12-17/h3-12,19-23,25H,13,27H2,1-2H3/t19-,20-,22?,23?,25-/m1/s1. The number of fused-ring (bicyclic) bond motifs is 1. The monoisotopic (exact) mass is 510 g/mol. The number of benzene rings is 2. The van der Waals surface area contributed by atoms with Crippen LogP contribution < -0.4 is 5.73 Å². The van der Waals surface area contributed by atoms with Crippen LogP contribution in [-0.4, -0.2) is 57.2 Å². The molecule has 9 nitrogen and oxygen atoms in total. The molecule has 2 saturated heterocycles. The number of nitrogens with two attached hydrogens (primary N) is 1. The van der Waals surface area contributed by atoms with Crippen LogP contribution in [0, 0.1) is 5.92 Å². The zero-order valence-electron chi connectivity index (χ0n) is 19.7. The fourth-order valence-electron chi connectivity index (χ4n) is 4.50. The number of carbonyl (C=O) groups is 5. The molecule has 188 valence electrons. The van der Waals surface area contributed by atoms with Crippen molar-refractivity contribution in [3.63, 3.8) is 0 Å². The Morgan fingerprint density at radius 1 is 0.972 bits per heavy atom. The van der Waals surface area contributed by atoms with E-state index in [1.54, 1.807) is 0 Å². The van der Waals surface area contributed by atoms with Crippen molar-refractivity contribution in [1.29, 1.82) is 0 Å². The van der Waals surface area contributed by atoms with Crippen LogP contribution in [0.3, 0.4) is 0 Å². The van der Waals surface area contributed by atoms with Crippen LogP contribution in [0.15, 0.2) is 60.7 Å². The van der Waals surface area contributed by atoms with E-state index in [4.69, 9.17) is 15.2 Å². The van der Waals surface area contributed by atoms with E-state index in [-0.39, 0.29) is 12.2 Å². The Labute approximate surface area is 212 Å². The average molecular weight is 511 g/mol. The number of hydrogen-bond donors (Lipinski definition) is 1. The maximum Gasteiger partial charge on any atom is 0.333 e. The number of thioether (sulfide) groups is 1. The number of Topliss-reactive ketones (excluding diaryl/α,β-unsaturated/α-hetero) is 2. The molecule has 10 heteroatoms. The highest BCUT2D eigenvalue weighted by Crippen LogP contribution is 2.46. The van der Waals surface area contributed by atoms with Crippen molar-refractivity contribution in [2.24, 2.45) is 11.7 Å². The first-order chi connectivity index (χ1) is 17.2. The number of hydrogen-bond acceptors (Lipinski definition) is 9. The van der Waals surface area contributed by atoms with E-state index < -0.39 is 58.5 Å². The van der Waals surface area contributed by atoms with Crippen molar-refractivity contribution < 1.29 is 33.4 Å². The molecule has 0 aliphatic carbocycles. The third kappa shape index (κ3) is 5.05. The number of rotatable bonds is 8. The van der Waals surface area contributed by atoms with Crippen LogP contribution in [0.25, 0.3) is 0 Å². The second kappa shape index (κ2) is 10.6. The van der Waals surface area contributed by atoms with Crippen molar-refractivity contribution in [3.05, 3.63) is 71.8 Å². The van der Waals surface area contributed by atoms with Crippen LogP contribution in [0.4, 0.5) is 0 Å². The average Bonchev–Trinajstić information content (AvgIpc) is 2.84. The van der Waals surface area contributed by atoms with Crippen LogP contribution in [0.1, 0.15) is 37.5 Å². The van der Waals surface area contributed by atoms with Gasteiger partial charge in [0.2, 0.25) is 5.91 Å². The Hall–Kier alpha value is -3.50. The van der Waals surface area contributed by atoms with Gasteiger partial charge >= 0.3 is 11.9 Å². The summed E-state index contributed by atoms with van der Waals surface area (Å²) in [7, 11) is 0. The molecule has 2 aromatic rings. The molecular weight excluding hydrogens is 484 g/mol. The number of ether oxygens (including phenoxy) is 2. The molecule has 0 aromatic heterocycles. The SMILES string of the molecule is CC(=O)CC(=O)[C@@H]1C(=O)N2[C@@H]1SC(N)C(OC(C)=O)[C@@H]2C(=O)OC(c1ccccc1)c1ccccc1. The smallest absolute Gasteiger partial charge is 0.333 e. The summed E-state index contributed by atoms with van der Waals surface area (Å²) in [6, 6.07) is 16.8. The van der Waals surface area contributed by atoms with Gasteiger partial charge in [0.1, 0.15) is 11.7 Å². The molecule has 2 aliphatic heterocycles. The number of esters is 2. The van der Waals surface area contributed by atoms with E-state index in [1.165, 1.54) is 18.7 Å². The van der Waals surface area contributed by atoms with Gasteiger partial charge in [-0.05, 0) is 18.1 Å². The molecule has 0 spiro atoms. The Balaban J connectivity index is 1.66. The Bertz CT molecular complexity index is 1130. The molecule has 36 heavy (non-hydrogen) atoms. The molecule has 0 radical (unpaired) electrons. The summed E-state index contributed by atoms with van der Waals surface area (Å²) < 4.78 is 11.3. The van der Waals surface area contributed by atoms with Gasteiger partial charge in [-0.3, -0.25) is 19.2 Å². The molecule has 2 aliphatic rings. The minimum atomic E-state index is -1.35. The second-order valence-electron chi connectivity index (χ2n) is 8.72. The zero-order chi connectivity index (χ0) is 26.0. The van der Waals surface area contributed by atoms with Crippen molar-refractivity contribution in [1.82, 2.24) is 4.90 Å². The molecule has 2 aromatic carbocycles. The quantitative estimate of drug-likeness (QED) is 0.321. The number of carbonyl (C=O) groups excluding carboxylic acids is 5. The predicted molar refractivity (Wildman–Crippen MR) is 130 cm³/mol. The summed E-state index contributed by atoms with van der Waals surface area (Å²) in [5.41, 5.74) is 7.68. The molecule has 2 N–H and O–H groups in total. The lowest BCUT2D eigenvalue weighted by molar-refractivity contribution is -0.183. The second-order valence-corrected chi connectivity index (χ2v) is 10.0. The number of β-lactam (4-membered cyclic amide) rings is 1. The summed E-state index contributed by atoms with van der Waals surface area (Å²) in [6.07, 6.45) is -2.37. The van der Waals surface area contributed by atoms with Gasteiger partial charge in [-0.2, -0.15) is 0 Å². The van der Waals surface area contributed by atoms with Gasteiger partial charge in [0.15, 0.2) is 24.0 Å². The zero-order valence-corrected chi connectivity index (χ0v) is 20.6. The minimum Gasteiger partial charge on any atom is -0.457 e. The highest BCUT2D eigenvalue weighted by molar-refractivity contribution is 8.00. The molecule has 1 amide bonds. The lowest BCUT2D eigenvalue weighted by atomic mass is 9.87. The van der Waals surface area contributed by atoms with Crippen molar-refractivity contribution in [3.8, 4) is 0 Å². The number of ketones is 2. The lowest BCUT2D eigenvalue weighted by Crippen LogP contribution is -2.75. The van der Waals surface area contributed by atoms with Crippen molar-refractivity contribution >= 4 is 41.2 Å². The Morgan fingerprint density at radius 3 is 2.03 bits per heavy atom. The van der Waals surface area contributed by atoms with Gasteiger partial charge < -0.3 is 20.1 Å². The Kier molecular flexibility index (Phi) is 7.56. The topological polar surface area (TPSA) is 133 Å². The van der Waals surface area contributed by atoms with Crippen LogP contribution >= 0.6 is 11.8 Å². The van der Waals surface area contributed by atoms with Gasteiger partial charge in [-0.1, -0.05) is 60.7 Å². The van der Waals surface area contributed by atoms with E-state index in [2.05, 4.69) is 0 Å². The minimum absolute atomic E-state index is 0.362. The summed E-state index contributed by atoms with van der Waals surface area (Å²) >= 11 is 1.05. The molecule has 2 fully saturated rings. The lowest BCUT2D eigenvalue weighted by Gasteiger charge is -2.55. The number of nitrogens with zero attached hydrogens (tertiary/aromatic N) is 1. The molecule has 0 bridgehead atoms. The first kappa shape index (κ1) is 25.6. The fourth-order valence-corrected chi connectivity index (χ4v) is 5.97. The van der Waals surface area contributed by atoms with Crippen LogP contribution in [0.2, 0.25) is 0 Å². The predicted octanol–water partition coefficient (Wildman–Crippen LogP) is 1.98. The van der Waals surface area contributed by atoms with Crippen LogP contribution in [0.5, 0.6) is 0 Å². The van der Waals surface area contributed by atoms with Gasteiger partial charge in [0, 0.05) is 6.92 Å². The highest BCUT2D eigenvalue weighted by atomic mass is 32.2. The van der Waals surface area contributed by atoms with E-state index in [1.807, 2.05) is 60.7 Å². The van der Waals surface area contributed by atoms with Gasteiger partial charge in [0.25, 0.3) is 0 Å². The Morgan fingerprint density at radius 2 is 1.53 bits per heavy atom. The summed E-state index contributed by atoms with van der Waals surface area (Å²) in [6.45, 7) is 2.45. The highest BCUT2D eigenvalue weighted by Gasteiger charge is 2.63. The molecule has 2 heterocycles. The first-order valence-electron chi connectivity index (χ1n) is 11.4. The molecular formula is C26H26N2O7S. The normalized spacial score (nSPS) is 24.9. The van der Waals surface area contributed by atoms with E-state index >= 15 is 0 Å². The van der Waals surface area contributed by atoms with Gasteiger partial charge in [-0.15, -0.1) is 11.8 Å². The van der Waals surface area contributed by atoms with E-state index in [0.29, 0.717) is 11.1 Å². The fraction of sp³-hybridized carbons (Fsp3) is 0.346. The summed E-state index contributed by atoms with van der Waals surface area (Å²) in [5.74, 6) is -4.10. The molecule has 2 unspecified atom stereocenters. The maximum atomic E-state index is 13.7. The third-order valence-corrected chi connectivity index (χ3v) is 7.42. The largest absolute Gasteiger partial charge is 0.457 e. The first-order valence-corrected chi connectivity index (χ1v) is 12.4. The number of amides is 1. The third-order valence-electron chi connectivity index (χ3n) is 6.06. The maximum absolute atomic E-state index is 13.7. The van der Waals surface area contributed by atoms with Crippen molar-refractivity contribution in [2.45, 2.75) is 49.3 Å². The molecule has 0 saturated carbocycles. The van der Waals surface area contributed by atoms with E-state index in [0.717, 1.165) is 11.8 Å². The molecule has 5 atom stereocenters. The molecule has 4 rings (SSSR count). The van der Waals surface area contributed by atoms with Gasteiger partial charge in [-0.25, -0.2) is 4.79 Å². The van der Waals surface area contributed by atoms with Gasteiger partial charge in [0.05, 0.1) is 17.2 Å². The van der Waals surface area contributed by atoms with Crippen LogP contribution in [-0.2, 0) is 33.4 Å². The van der Waals surface area contributed by atoms with E-state index in [9.17, 15) is 24.0 Å². The van der Waals surface area contributed by atoms with Crippen molar-refractivity contribution in [2.75, 3.05) is 0 Å². The summed E-state index contributed by atoms with van der Waals surface area (Å²) in [5, 5.41) is -1.67. The summed E-state index contributed by atoms with van der Waals surface area (Å²) in [4.78, 5) is 63.8.